The van der Waals surface area contributed by atoms with Crippen LogP contribution >= 0.6 is 22.6 Å². The van der Waals surface area contributed by atoms with Crippen LogP contribution in [0.4, 0.5) is 4.79 Å². The molecule has 0 aliphatic carbocycles. The van der Waals surface area contributed by atoms with E-state index in [9.17, 15) is 4.79 Å². The molecule has 0 aromatic heterocycles. The number of amides is 1. The van der Waals surface area contributed by atoms with Crippen molar-refractivity contribution < 1.29 is 14.3 Å². The van der Waals surface area contributed by atoms with Crippen molar-refractivity contribution in [2.24, 2.45) is 0 Å². The van der Waals surface area contributed by atoms with E-state index in [1.807, 2.05) is 45.9 Å². The Bertz CT molecular complexity index is 551. The Kier molecular flexibility index (Phi) is 7.38. The molecule has 0 aliphatic heterocycles. The van der Waals surface area contributed by atoms with Gasteiger partial charge in [0.15, 0.2) is 0 Å². The van der Waals surface area contributed by atoms with Crippen molar-refractivity contribution in [1.82, 2.24) is 4.90 Å². The van der Waals surface area contributed by atoms with E-state index in [0.29, 0.717) is 18.8 Å². The second kappa shape index (κ2) is 8.57. The van der Waals surface area contributed by atoms with E-state index < -0.39 is 5.60 Å². The fourth-order valence-corrected chi connectivity index (χ4v) is 2.69. The van der Waals surface area contributed by atoms with Gasteiger partial charge in [0.05, 0.1) is 12.6 Å². The Morgan fingerprint density at radius 2 is 1.96 bits per heavy atom. The minimum absolute atomic E-state index is 0.277. The maximum absolute atomic E-state index is 12.4. The second-order valence-electron chi connectivity index (χ2n) is 6.30. The number of hydrogen-bond acceptors (Lipinski definition) is 3. The first-order chi connectivity index (χ1) is 10.7. The summed E-state index contributed by atoms with van der Waals surface area (Å²) in [4.78, 5) is 14.0. The third-order valence-corrected chi connectivity index (χ3v) is 4.27. The average Bonchev–Trinajstić information content (AvgIpc) is 2.44. The van der Waals surface area contributed by atoms with Crippen molar-refractivity contribution in [3.8, 4) is 0 Å². The van der Waals surface area contributed by atoms with E-state index in [2.05, 4.69) is 35.2 Å². The zero-order valence-electron chi connectivity index (χ0n) is 14.6. The Morgan fingerprint density at radius 3 is 2.48 bits per heavy atom. The number of carbonyl (C=O) groups is 1. The number of hydrogen-bond donors (Lipinski definition) is 0. The van der Waals surface area contributed by atoms with Crippen LogP contribution in [-0.2, 0) is 15.9 Å². The van der Waals surface area contributed by atoms with Crippen LogP contribution < -0.4 is 0 Å². The first-order valence-corrected chi connectivity index (χ1v) is 8.74. The van der Waals surface area contributed by atoms with Crippen LogP contribution in [0.5, 0.6) is 0 Å². The smallest absolute Gasteiger partial charge is 0.410 e. The molecule has 1 aromatic rings. The maximum Gasteiger partial charge on any atom is 0.410 e. The van der Waals surface area contributed by atoms with Gasteiger partial charge in [-0.3, -0.25) is 0 Å². The molecule has 0 N–H and O–H groups in total. The zero-order chi connectivity index (χ0) is 17.6. The van der Waals surface area contributed by atoms with Gasteiger partial charge in [-0.05, 0) is 61.9 Å². The number of nitrogens with zero attached hydrogens (tertiary/aromatic N) is 1. The zero-order valence-corrected chi connectivity index (χ0v) is 16.7. The summed E-state index contributed by atoms with van der Waals surface area (Å²) < 4.78 is 12.2. The first-order valence-electron chi connectivity index (χ1n) is 7.66. The third kappa shape index (κ3) is 6.41. The van der Waals surface area contributed by atoms with Gasteiger partial charge >= 0.3 is 6.09 Å². The van der Waals surface area contributed by atoms with Gasteiger partial charge in [-0.2, -0.15) is 0 Å². The highest BCUT2D eigenvalue weighted by molar-refractivity contribution is 14.1. The summed E-state index contributed by atoms with van der Waals surface area (Å²) in [5, 5.41) is 0. The summed E-state index contributed by atoms with van der Waals surface area (Å²) >= 11 is 2.30. The highest BCUT2D eigenvalue weighted by Crippen LogP contribution is 2.21. The quantitative estimate of drug-likeness (QED) is 0.488. The molecule has 1 atom stereocenters. The molecule has 4 nitrogen and oxygen atoms in total. The van der Waals surface area contributed by atoms with Gasteiger partial charge in [0.2, 0.25) is 0 Å². The lowest BCUT2D eigenvalue weighted by Crippen LogP contribution is -2.43. The fourth-order valence-electron chi connectivity index (χ4n) is 2.08. The van der Waals surface area contributed by atoms with E-state index >= 15 is 0 Å². The SMILES string of the molecule is C=C(OCC)C(Cc1ccccc1I)N(C)C(=O)OC(C)(C)C. The molecule has 0 fully saturated rings. The van der Waals surface area contributed by atoms with Gasteiger partial charge in [0.25, 0.3) is 0 Å². The predicted octanol–water partition coefficient (Wildman–Crippen LogP) is 4.62. The Labute approximate surface area is 153 Å². The van der Waals surface area contributed by atoms with Crippen LogP contribution in [0.3, 0.4) is 0 Å². The highest BCUT2D eigenvalue weighted by atomic mass is 127. The topological polar surface area (TPSA) is 38.8 Å². The summed E-state index contributed by atoms with van der Waals surface area (Å²) in [5.74, 6) is 0.570. The monoisotopic (exact) mass is 431 g/mol. The summed E-state index contributed by atoms with van der Waals surface area (Å²) in [6.45, 7) is 12.0. The van der Waals surface area contributed by atoms with Crippen LogP contribution in [0.1, 0.15) is 33.3 Å². The summed E-state index contributed by atoms with van der Waals surface area (Å²) in [6, 6.07) is 7.81. The normalized spacial score (nSPS) is 12.4. The first kappa shape index (κ1) is 19.8. The summed E-state index contributed by atoms with van der Waals surface area (Å²) in [7, 11) is 1.72. The molecule has 1 aromatic carbocycles. The molecule has 1 amide bonds. The van der Waals surface area contributed by atoms with Gasteiger partial charge < -0.3 is 14.4 Å². The van der Waals surface area contributed by atoms with Crippen molar-refractivity contribution >= 4 is 28.7 Å². The van der Waals surface area contributed by atoms with Crippen molar-refractivity contribution in [2.75, 3.05) is 13.7 Å². The third-order valence-electron chi connectivity index (χ3n) is 3.22. The van der Waals surface area contributed by atoms with Crippen LogP contribution in [0.15, 0.2) is 36.6 Å². The van der Waals surface area contributed by atoms with Crippen molar-refractivity contribution in [3.05, 3.63) is 45.7 Å². The van der Waals surface area contributed by atoms with E-state index in [4.69, 9.17) is 9.47 Å². The largest absolute Gasteiger partial charge is 0.497 e. The standard InChI is InChI=1S/C18H26INO3/c1-7-22-13(2)16(12-14-10-8-9-11-15(14)19)20(6)17(21)23-18(3,4)5/h8-11,16H,2,7,12H2,1,3-6H3. The summed E-state index contributed by atoms with van der Waals surface area (Å²) in [6.07, 6.45) is 0.252. The minimum Gasteiger partial charge on any atom is -0.497 e. The molecule has 0 spiro atoms. The number of ether oxygens (including phenoxy) is 2. The number of rotatable bonds is 6. The fraction of sp³-hybridized carbons (Fsp3) is 0.500. The van der Waals surface area contributed by atoms with Gasteiger partial charge in [-0.1, -0.05) is 24.8 Å². The van der Waals surface area contributed by atoms with Crippen molar-refractivity contribution in [2.45, 2.75) is 45.8 Å². The predicted molar refractivity (Wildman–Crippen MR) is 101 cm³/mol. The van der Waals surface area contributed by atoms with Crippen LogP contribution in [0, 0.1) is 3.57 Å². The lowest BCUT2D eigenvalue weighted by atomic mass is 10.0. The van der Waals surface area contributed by atoms with E-state index in [-0.39, 0.29) is 12.1 Å². The number of halogens is 1. The van der Waals surface area contributed by atoms with Gasteiger partial charge in [-0.15, -0.1) is 0 Å². The Hall–Kier alpha value is -1.24. The van der Waals surface area contributed by atoms with E-state index in [0.717, 1.165) is 9.13 Å². The minimum atomic E-state index is -0.538. The Balaban J connectivity index is 2.98. The number of benzene rings is 1. The van der Waals surface area contributed by atoms with Gasteiger partial charge in [-0.25, -0.2) is 4.79 Å². The lowest BCUT2D eigenvalue weighted by molar-refractivity contribution is 0.0196. The molecule has 1 rings (SSSR count). The molecule has 5 heteroatoms. The molecule has 0 bridgehead atoms. The second-order valence-corrected chi connectivity index (χ2v) is 7.46. The molecule has 0 aliphatic rings. The van der Waals surface area contributed by atoms with Gasteiger partial charge in [0, 0.05) is 17.0 Å². The molecule has 0 heterocycles. The number of likely N-dealkylation sites (N-methyl/N-ethyl adjacent to an activating group) is 1. The molecule has 128 valence electrons. The molecular weight excluding hydrogens is 405 g/mol. The van der Waals surface area contributed by atoms with Crippen LogP contribution in [0.2, 0.25) is 0 Å². The summed E-state index contributed by atoms with van der Waals surface area (Å²) in [5.41, 5.74) is 0.610. The molecule has 0 saturated heterocycles. The molecular formula is C18H26INO3. The average molecular weight is 431 g/mol. The number of carbonyl (C=O) groups excluding carboxylic acids is 1. The van der Waals surface area contributed by atoms with Crippen LogP contribution in [-0.4, -0.2) is 36.3 Å². The maximum atomic E-state index is 12.4. The Morgan fingerprint density at radius 1 is 1.35 bits per heavy atom. The van der Waals surface area contributed by atoms with E-state index in [1.165, 1.54) is 0 Å². The molecule has 0 saturated carbocycles. The lowest BCUT2D eigenvalue weighted by Gasteiger charge is -2.31. The molecule has 23 heavy (non-hydrogen) atoms. The van der Waals surface area contributed by atoms with Crippen LogP contribution in [0.25, 0.3) is 0 Å². The molecule has 0 radical (unpaired) electrons. The molecule has 1 unspecified atom stereocenters. The van der Waals surface area contributed by atoms with Crippen molar-refractivity contribution in [3.63, 3.8) is 0 Å². The van der Waals surface area contributed by atoms with Gasteiger partial charge in [0.1, 0.15) is 11.4 Å². The highest BCUT2D eigenvalue weighted by Gasteiger charge is 2.28. The van der Waals surface area contributed by atoms with E-state index in [1.54, 1.807) is 11.9 Å². The van der Waals surface area contributed by atoms with Crippen molar-refractivity contribution in [1.29, 1.82) is 0 Å².